The van der Waals surface area contributed by atoms with Gasteiger partial charge in [0.05, 0.1) is 18.7 Å². The first kappa shape index (κ1) is 20.6. The van der Waals surface area contributed by atoms with Crippen molar-refractivity contribution < 1.29 is 9.53 Å². The standard InChI is InChI=1S/C22H25N5O2S/c1-15(2)30-22-25-19-12-17(21(28)24-14-16-4-3-7-23-13-16)5-6-18(19)20(26-22)27-8-10-29-11-9-27/h3-7,12-13,15H,8-11,14H2,1-2H3,(H,24,28). The molecule has 1 amide bonds. The summed E-state index contributed by atoms with van der Waals surface area (Å²) in [5, 5.41) is 5.00. The normalized spacial score (nSPS) is 14.3. The number of hydrogen-bond acceptors (Lipinski definition) is 7. The molecule has 1 aliphatic heterocycles. The fourth-order valence-electron chi connectivity index (χ4n) is 3.30. The first-order valence-electron chi connectivity index (χ1n) is 10.1. The molecule has 30 heavy (non-hydrogen) atoms. The molecule has 156 valence electrons. The van der Waals surface area contributed by atoms with Gasteiger partial charge >= 0.3 is 0 Å². The summed E-state index contributed by atoms with van der Waals surface area (Å²) < 4.78 is 5.49. The number of carbonyl (C=O) groups is 1. The van der Waals surface area contributed by atoms with Crippen LogP contribution in [0.25, 0.3) is 10.9 Å². The van der Waals surface area contributed by atoms with E-state index in [1.807, 2.05) is 30.3 Å². The van der Waals surface area contributed by atoms with E-state index in [9.17, 15) is 4.79 Å². The molecule has 1 fully saturated rings. The summed E-state index contributed by atoms with van der Waals surface area (Å²) in [6.45, 7) is 7.64. The summed E-state index contributed by atoms with van der Waals surface area (Å²) in [6, 6.07) is 9.43. The van der Waals surface area contributed by atoms with Crippen LogP contribution in [0, 0.1) is 0 Å². The highest BCUT2D eigenvalue weighted by atomic mass is 32.2. The lowest BCUT2D eigenvalue weighted by atomic mass is 10.1. The summed E-state index contributed by atoms with van der Waals surface area (Å²) in [7, 11) is 0. The highest BCUT2D eigenvalue weighted by Crippen LogP contribution is 2.30. The van der Waals surface area contributed by atoms with Gasteiger partial charge in [-0.3, -0.25) is 9.78 Å². The first-order chi connectivity index (χ1) is 14.6. The summed E-state index contributed by atoms with van der Waals surface area (Å²) in [5.74, 6) is 0.777. The van der Waals surface area contributed by atoms with Gasteiger partial charge in [-0.2, -0.15) is 0 Å². The van der Waals surface area contributed by atoms with E-state index in [1.165, 1.54) is 0 Å². The average Bonchev–Trinajstić information content (AvgIpc) is 2.77. The lowest BCUT2D eigenvalue weighted by Gasteiger charge is -2.29. The molecular weight excluding hydrogens is 398 g/mol. The molecule has 3 aromatic rings. The summed E-state index contributed by atoms with van der Waals surface area (Å²) in [6.07, 6.45) is 3.46. The van der Waals surface area contributed by atoms with Crippen LogP contribution in [0.3, 0.4) is 0 Å². The van der Waals surface area contributed by atoms with Crippen LogP contribution in [0.15, 0.2) is 47.9 Å². The zero-order valence-electron chi connectivity index (χ0n) is 17.2. The molecule has 0 bridgehead atoms. The van der Waals surface area contributed by atoms with E-state index in [1.54, 1.807) is 24.2 Å². The molecule has 2 aromatic heterocycles. The van der Waals surface area contributed by atoms with E-state index in [0.29, 0.717) is 30.6 Å². The van der Waals surface area contributed by atoms with Gasteiger partial charge in [0.25, 0.3) is 5.91 Å². The maximum Gasteiger partial charge on any atom is 0.251 e. The summed E-state index contributed by atoms with van der Waals surface area (Å²) in [4.78, 5) is 28.6. The maximum atomic E-state index is 12.7. The first-order valence-corrected chi connectivity index (χ1v) is 11.0. The molecule has 8 heteroatoms. The average molecular weight is 424 g/mol. The Morgan fingerprint density at radius 3 is 2.80 bits per heavy atom. The lowest BCUT2D eigenvalue weighted by Crippen LogP contribution is -2.37. The number of nitrogens with zero attached hydrogens (tertiary/aromatic N) is 4. The monoisotopic (exact) mass is 423 g/mol. The number of fused-ring (bicyclic) bond motifs is 1. The lowest BCUT2D eigenvalue weighted by molar-refractivity contribution is 0.0951. The second-order valence-electron chi connectivity index (χ2n) is 7.37. The fourth-order valence-corrected chi connectivity index (χ4v) is 4.01. The molecule has 1 aromatic carbocycles. The number of hydrogen-bond donors (Lipinski definition) is 1. The molecular formula is C22H25N5O2S. The highest BCUT2D eigenvalue weighted by Gasteiger charge is 2.19. The van der Waals surface area contributed by atoms with Crippen LogP contribution < -0.4 is 10.2 Å². The number of benzene rings is 1. The molecule has 3 heterocycles. The van der Waals surface area contributed by atoms with Crippen molar-refractivity contribution in [1.29, 1.82) is 0 Å². The number of rotatable bonds is 6. The van der Waals surface area contributed by atoms with Gasteiger partial charge in [0, 0.05) is 48.2 Å². The topological polar surface area (TPSA) is 80.2 Å². The Morgan fingerprint density at radius 1 is 1.23 bits per heavy atom. The van der Waals surface area contributed by atoms with E-state index in [4.69, 9.17) is 14.7 Å². The van der Waals surface area contributed by atoms with E-state index >= 15 is 0 Å². The zero-order chi connectivity index (χ0) is 20.9. The van der Waals surface area contributed by atoms with Crippen molar-refractivity contribution in [3.05, 3.63) is 53.9 Å². The Labute approximate surface area is 180 Å². The van der Waals surface area contributed by atoms with Gasteiger partial charge < -0.3 is 15.0 Å². The molecule has 0 radical (unpaired) electrons. The number of morpholine rings is 1. The molecule has 7 nitrogen and oxygen atoms in total. The van der Waals surface area contributed by atoms with Gasteiger partial charge in [-0.1, -0.05) is 31.7 Å². The Hall–Kier alpha value is -2.71. The van der Waals surface area contributed by atoms with Crippen LogP contribution in [0.2, 0.25) is 0 Å². The van der Waals surface area contributed by atoms with Crippen molar-refractivity contribution in [2.45, 2.75) is 30.8 Å². The van der Waals surface area contributed by atoms with Crippen LogP contribution in [0.4, 0.5) is 5.82 Å². The number of carbonyl (C=O) groups excluding carboxylic acids is 1. The number of nitrogens with one attached hydrogen (secondary N) is 1. The van der Waals surface area contributed by atoms with Crippen LogP contribution in [-0.4, -0.2) is 52.4 Å². The van der Waals surface area contributed by atoms with Gasteiger partial charge in [0.15, 0.2) is 5.16 Å². The van der Waals surface area contributed by atoms with Crippen molar-refractivity contribution in [3.63, 3.8) is 0 Å². The predicted molar refractivity (Wildman–Crippen MR) is 119 cm³/mol. The SMILES string of the molecule is CC(C)Sc1nc(N2CCOCC2)c2ccc(C(=O)NCc3cccnc3)cc2n1. The molecule has 1 aliphatic rings. The van der Waals surface area contributed by atoms with Crippen molar-refractivity contribution >= 4 is 34.4 Å². The Bertz CT molecular complexity index is 1020. The van der Waals surface area contributed by atoms with Gasteiger partial charge in [0.1, 0.15) is 5.82 Å². The molecule has 0 saturated carbocycles. The summed E-state index contributed by atoms with van der Waals surface area (Å²) in [5.41, 5.74) is 2.32. The third-order valence-corrected chi connectivity index (χ3v) is 5.61. The predicted octanol–water partition coefficient (Wildman–Crippen LogP) is 3.29. The van der Waals surface area contributed by atoms with Crippen LogP contribution in [-0.2, 0) is 11.3 Å². The van der Waals surface area contributed by atoms with Crippen molar-refractivity contribution in [1.82, 2.24) is 20.3 Å². The number of pyridine rings is 1. The number of anilines is 1. The molecule has 1 N–H and O–H groups in total. The third-order valence-electron chi connectivity index (χ3n) is 4.75. The van der Waals surface area contributed by atoms with E-state index < -0.39 is 0 Å². The Morgan fingerprint density at radius 2 is 2.07 bits per heavy atom. The molecule has 1 saturated heterocycles. The molecule has 0 atom stereocenters. The van der Waals surface area contributed by atoms with Gasteiger partial charge in [-0.05, 0) is 29.8 Å². The molecule has 0 aliphatic carbocycles. The molecule has 0 unspecified atom stereocenters. The number of amides is 1. The molecule has 0 spiro atoms. The zero-order valence-corrected chi connectivity index (χ0v) is 18.0. The van der Waals surface area contributed by atoms with Crippen LogP contribution in [0.5, 0.6) is 0 Å². The number of ether oxygens (including phenoxy) is 1. The van der Waals surface area contributed by atoms with Crippen molar-refractivity contribution in [2.75, 3.05) is 31.2 Å². The van der Waals surface area contributed by atoms with Crippen molar-refractivity contribution in [2.24, 2.45) is 0 Å². The van der Waals surface area contributed by atoms with E-state index in [-0.39, 0.29) is 5.91 Å². The maximum absolute atomic E-state index is 12.7. The fraction of sp³-hybridized carbons (Fsp3) is 0.364. The minimum atomic E-state index is -0.134. The van der Waals surface area contributed by atoms with Gasteiger partial charge in [-0.25, -0.2) is 9.97 Å². The minimum Gasteiger partial charge on any atom is -0.378 e. The van der Waals surface area contributed by atoms with Crippen molar-refractivity contribution in [3.8, 4) is 0 Å². The van der Waals surface area contributed by atoms with Crippen LogP contribution in [0.1, 0.15) is 29.8 Å². The Kier molecular flexibility index (Phi) is 6.44. The van der Waals surface area contributed by atoms with Gasteiger partial charge in [-0.15, -0.1) is 0 Å². The quantitative estimate of drug-likeness (QED) is 0.481. The second kappa shape index (κ2) is 9.40. The third kappa shape index (κ3) is 4.88. The molecule has 4 rings (SSSR count). The van der Waals surface area contributed by atoms with E-state index in [2.05, 4.69) is 29.0 Å². The number of thioether (sulfide) groups is 1. The van der Waals surface area contributed by atoms with Gasteiger partial charge in [0.2, 0.25) is 0 Å². The largest absolute Gasteiger partial charge is 0.378 e. The summed E-state index contributed by atoms with van der Waals surface area (Å²) >= 11 is 1.63. The van der Waals surface area contributed by atoms with Crippen LogP contribution >= 0.6 is 11.8 Å². The minimum absolute atomic E-state index is 0.134. The van der Waals surface area contributed by atoms with E-state index in [0.717, 1.165) is 40.5 Å². The second-order valence-corrected chi connectivity index (χ2v) is 8.92. The smallest absolute Gasteiger partial charge is 0.251 e. The Balaban J connectivity index is 1.63. The number of aromatic nitrogens is 3. The highest BCUT2D eigenvalue weighted by molar-refractivity contribution is 7.99.